The first-order valence-corrected chi connectivity index (χ1v) is 7.85. The third-order valence-corrected chi connectivity index (χ3v) is 4.08. The van der Waals surface area contributed by atoms with Crippen molar-refractivity contribution in [2.24, 2.45) is 0 Å². The molecule has 120 valence electrons. The number of aryl methyl sites for hydroxylation is 1. The number of piperazine rings is 1. The smallest absolute Gasteiger partial charge is 0.221 e. The van der Waals surface area contributed by atoms with Gasteiger partial charge in [0.15, 0.2) is 0 Å². The lowest BCUT2D eigenvalue weighted by molar-refractivity contribution is -0.131. The summed E-state index contributed by atoms with van der Waals surface area (Å²) in [4.78, 5) is 27.2. The molecule has 1 heterocycles. The average Bonchev–Trinajstić information content (AvgIpc) is 2.52. The van der Waals surface area contributed by atoms with Crippen LogP contribution in [0, 0.1) is 6.92 Å². The van der Waals surface area contributed by atoms with E-state index in [1.165, 1.54) is 5.56 Å². The van der Waals surface area contributed by atoms with Gasteiger partial charge in [0.25, 0.3) is 0 Å². The van der Waals surface area contributed by atoms with Gasteiger partial charge < -0.3 is 10.2 Å². The van der Waals surface area contributed by atoms with Gasteiger partial charge in [-0.3, -0.25) is 14.5 Å². The van der Waals surface area contributed by atoms with Crippen molar-refractivity contribution in [3.8, 4) is 0 Å². The van der Waals surface area contributed by atoms with Crippen LogP contribution < -0.4 is 5.32 Å². The van der Waals surface area contributed by atoms with Crippen molar-refractivity contribution in [2.75, 3.05) is 32.7 Å². The molecule has 1 fully saturated rings. The largest absolute Gasteiger partial charge is 0.352 e. The lowest BCUT2D eigenvalue weighted by Gasteiger charge is -2.34. The van der Waals surface area contributed by atoms with Crippen LogP contribution in [0.15, 0.2) is 24.3 Å². The minimum atomic E-state index is 0.0783. The standard InChI is InChI=1S/C17H25N3O2/c1-14-3-5-16(6-4-14)13-18-17(22)7-8-19-9-11-20(12-10-19)15(2)21/h3-6H,7-13H2,1-2H3,(H,18,22). The Morgan fingerprint density at radius 3 is 2.32 bits per heavy atom. The summed E-state index contributed by atoms with van der Waals surface area (Å²) in [7, 11) is 0. The van der Waals surface area contributed by atoms with Gasteiger partial charge in [0.2, 0.25) is 11.8 Å². The summed E-state index contributed by atoms with van der Waals surface area (Å²) in [6.07, 6.45) is 0.506. The summed E-state index contributed by atoms with van der Waals surface area (Å²) in [6.45, 7) is 8.22. The van der Waals surface area contributed by atoms with Crippen molar-refractivity contribution in [1.82, 2.24) is 15.1 Å². The molecule has 0 spiro atoms. The van der Waals surface area contributed by atoms with E-state index in [0.29, 0.717) is 13.0 Å². The first kappa shape index (κ1) is 16.5. The van der Waals surface area contributed by atoms with Gasteiger partial charge in [0, 0.05) is 52.6 Å². The summed E-state index contributed by atoms with van der Waals surface area (Å²) in [5.74, 6) is 0.213. The van der Waals surface area contributed by atoms with E-state index in [4.69, 9.17) is 0 Å². The van der Waals surface area contributed by atoms with Crippen LogP contribution >= 0.6 is 0 Å². The first-order valence-electron chi connectivity index (χ1n) is 7.85. The number of carbonyl (C=O) groups is 2. The molecule has 1 aromatic carbocycles. The molecule has 5 nitrogen and oxygen atoms in total. The van der Waals surface area contributed by atoms with E-state index < -0.39 is 0 Å². The highest BCUT2D eigenvalue weighted by Gasteiger charge is 2.18. The maximum atomic E-state index is 11.9. The number of amides is 2. The van der Waals surface area contributed by atoms with Crippen molar-refractivity contribution in [3.05, 3.63) is 35.4 Å². The van der Waals surface area contributed by atoms with E-state index >= 15 is 0 Å². The Morgan fingerprint density at radius 1 is 1.09 bits per heavy atom. The highest BCUT2D eigenvalue weighted by molar-refractivity contribution is 5.76. The highest BCUT2D eigenvalue weighted by atomic mass is 16.2. The van der Waals surface area contributed by atoms with E-state index in [1.54, 1.807) is 6.92 Å². The number of benzene rings is 1. The zero-order chi connectivity index (χ0) is 15.9. The van der Waals surface area contributed by atoms with Gasteiger partial charge in [-0.25, -0.2) is 0 Å². The molecule has 1 aliphatic heterocycles. The summed E-state index contributed by atoms with van der Waals surface area (Å²) in [5, 5.41) is 2.95. The van der Waals surface area contributed by atoms with Crippen LogP contribution in [-0.4, -0.2) is 54.3 Å². The Morgan fingerprint density at radius 2 is 1.73 bits per heavy atom. The average molecular weight is 303 g/mol. The lowest BCUT2D eigenvalue weighted by atomic mass is 10.1. The third kappa shape index (κ3) is 5.15. The molecular weight excluding hydrogens is 278 g/mol. The topological polar surface area (TPSA) is 52.7 Å². The summed E-state index contributed by atoms with van der Waals surface area (Å²) < 4.78 is 0. The molecule has 1 saturated heterocycles. The Bertz CT molecular complexity index is 505. The van der Waals surface area contributed by atoms with Crippen LogP contribution in [0.2, 0.25) is 0 Å². The number of carbonyl (C=O) groups excluding carboxylic acids is 2. The molecule has 22 heavy (non-hydrogen) atoms. The molecule has 0 aromatic heterocycles. The van der Waals surface area contributed by atoms with E-state index in [0.717, 1.165) is 38.3 Å². The highest BCUT2D eigenvalue weighted by Crippen LogP contribution is 2.04. The van der Waals surface area contributed by atoms with E-state index in [1.807, 2.05) is 24.0 Å². The van der Waals surface area contributed by atoms with Crippen LogP contribution in [0.3, 0.4) is 0 Å². The van der Waals surface area contributed by atoms with Crippen LogP contribution in [-0.2, 0) is 16.1 Å². The van der Waals surface area contributed by atoms with Crippen LogP contribution in [0.5, 0.6) is 0 Å². The van der Waals surface area contributed by atoms with Crippen molar-refractivity contribution < 1.29 is 9.59 Å². The van der Waals surface area contributed by atoms with Gasteiger partial charge in [-0.2, -0.15) is 0 Å². The molecule has 1 aliphatic rings. The fourth-order valence-electron chi connectivity index (χ4n) is 2.54. The van der Waals surface area contributed by atoms with Crippen molar-refractivity contribution >= 4 is 11.8 Å². The number of hydrogen-bond acceptors (Lipinski definition) is 3. The molecule has 1 N–H and O–H groups in total. The normalized spacial score (nSPS) is 15.6. The third-order valence-electron chi connectivity index (χ3n) is 4.08. The Hall–Kier alpha value is -1.88. The number of nitrogens with one attached hydrogen (secondary N) is 1. The molecule has 0 radical (unpaired) electrons. The molecule has 0 saturated carbocycles. The molecule has 0 aliphatic carbocycles. The van der Waals surface area contributed by atoms with Gasteiger partial charge in [0.1, 0.15) is 0 Å². The van der Waals surface area contributed by atoms with Gasteiger partial charge in [-0.05, 0) is 12.5 Å². The molecule has 1 aromatic rings. The quantitative estimate of drug-likeness (QED) is 0.888. The molecule has 0 bridgehead atoms. The van der Waals surface area contributed by atoms with Gasteiger partial charge in [0.05, 0.1) is 0 Å². The molecular formula is C17H25N3O2. The minimum absolute atomic E-state index is 0.0783. The van der Waals surface area contributed by atoms with E-state index in [2.05, 4.69) is 22.3 Å². The van der Waals surface area contributed by atoms with E-state index in [-0.39, 0.29) is 11.8 Å². The predicted octanol–water partition coefficient (Wildman–Crippen LogP) is 1.17. The predicted molar refractivity (Wildman–Crippen MR) is 86.3 cm³/mol. The van der Waals surface area contributed by atoms with Crippen LogP contribution in [0.4, 0.5) is 0 Å². The SMILES string of the molecule is CC(=O)N1CCN(CCC(=O)NCc2ccc(C)cc2)CC1. The van der Waals surface area contributed by atoms with Gasteiger partial charge in [-0.15, -0.1) is 0 Å². The zero-order valence-electron chi connectivity index (χ0n) is 13.5. The van der Waals surface area contributed by atoms with Gasteiger partial charge in [-0.1, -0.05) is 29.8 Å². The molecule has 5 heteroatoms. The first-order chi connectivity index (χ1) is 10.5. The fourth-order valence-corrected chi connectivity index (χ4v) is 2.54. The summed E-state index contributed by atoms with van der Waals surface area (Å²) in [6, 6.07) is 8.18. The molecule has 0 unspecified atom stereocenters. The Balaban J connectivity index is 1.64. The maximum absolute atomic E-state index is 11.9. The van der Waals surface area contributed by atoms with Gasteiger partial charge >= 0.3 is 0 Å². The Labute approximate surface area is 132 Å². The second-order valence-corrected chi connectivity index (χ2v) is 5.86. The van der Waals surface area contributed by atoms with Crippen LogP contribution in [0.25, 0.3) is 0 Å². The number of rotatable bonds is 5. The fraction of sp³-hybridized carbons (Fsp3) is 0.529. The summed E-state index contributed by atoms with van der Waals surface area (Å²) in [5.41, 5.74) is 2.34. The second kappa shape index (κ2) is 7.94. The minimum Gasteiger partial charge on any atom is -0.352 e. The molecule has 2 rings (SSSR count). The Kier molecular flexibility index (Phi) is 5.95. The van der Waals surface area contributed by atoms with Crippen molar-refractivity contribution in [3.63, 3.8) is 0 Å². The van der Waals surface area contributed by atoms with E-state index in [9.17, 15) is 9.59 Å². The molecule has 2 amide bonds. The number of hydrogen-bond donors (Lipinski definition) is 1. The summed E-state index contributed by atoms with van der Waals surface area (Å²) >= 11 is 0. The number of nitrogens with zero attached hydrogens (tertiary/aromatic N) is 2. The second-order valence-electron chi connectivity index (χ2n) is 5.86. The molecule has 0 atom stereocenters. The van der Waals surface area contributed by atoms with Crippen molar-refractivity contribution in [1.29, 1.82) is 0 Å². The lowest BCUT2D eigenvalue weighted by Crippen LogP contribution is -2.48. The van der Waals surface area contributed by atoms with Crippen molar-refractivity contribution in [2.45, 2.75) is 26.8 Å². The zero-order valence-corrected chi connectivity index (χ0v) is 13.5. The maximum Gasteiger partial charge on any atom is 0.221 e. The van der Waals surface area contributed by atoms with Crippen LogP contribution in [0.1, 0.15) is 24.5 Å². The monoisotopic (exact) mass is 303 g/mol.